The maximum Gasteiger partial charge on any atom is 0.277 e. The van der Waals surface area contributed by atoms with Gasteiger partial charge in [0.25, 0.3) is 5.56 Å². The Hall–Kier alpha value is -3.34. The lowest BCUT2D eigenvalue weighted by atomic mass is 10.2. The molecule has 0 bridgehead atoms. The molecule has 0 aliphatic heterocycles. The van der Waals surface area contributed by atoms with Gasteiger partial charge in [0, 0.05) is 0 Å². The Balaban J connectivity index is 1.93. The first-order valence-corrected chi connectivity index (χ1v) is 6.60. The lowest BCUT2D eigenvalue weighted by Crippen LogP contribution is -2.09. The van der Waals surface area contributed by atoms with E-state index in [2.05, 4.69) is 37.1 Å². The summed E-state index contributed by atoms with van der Waals surface area (Å²) in [6.07, 6.45) is 0.955. The zero-order chi connectivity index (χ0) is 15.5. The predicted molar refractivity (Wildman–Crippen MR) is 79.2 cm³/mol. The topological polar surface area (TPSA) is 123 Å². The Morgan fingerprint density at radius 2 is 1.95 bits per heavy atom. The second-order valence-electron chi connectivity index (χ2n) is 4.51. The third-order valence-corrected chi connectivity index (χ3v) is 3.06. The molecule has 22 heavy (non-hydrogen) atoms. The van der Waals surface area contributed by atoms with Gasteiger partial charge in [-0.25, -0.2) is 0 Å². The van der Waals surface area contributed by atoms with Crippen LogP contribution in [0.5, 0.6) is 0 Å². The number of rotatable bonds is 3. The molecule has 108 valence electrons. The number of aromatic nitrogens is 4. The lowest BCUT2D eigenvalue weighted by molar-refractivity contribution is 1.10. The number of nitrogens with one attached hydrogen (secondary N) is 2. The summed E-state index contributed by atoms with van der Waals surface area (Å²) >= 11 is 0. The number of benzene rings is 1. The number of hydrogen-bond acceptors (Lipinski definition) is 6. The van der Waals surface area contributed by atoms with E-state index in [1.807, 2.05) is 24.3 Å². The van der Waals surface area contributed by atoms with Crippen LogP contribution in [0.3, 0.4) is 0 Å². The molecular weight excluding hydrogens is 282 g/mol. The molecule has 0 aliphatic rings. The van der Waals surface area contributed by atoms with Gasteiger partial charge in [-0.05, 0) is 24.1 Å². The zero-order valence-electron chi connectivity index (χ0n) is 11.7. The van der Waals surface area contributed by atoms with Crippen molar-refractivity contribution in [3.63, 3.8) is 0 Å². The average Bonchev–Trinajstić information content (AvgIpc) is 2.97. The highest BCUT2D eigenvalue weighted by Gasteiger charge is 2.09. The Labute approximate surface area is 124 Å². The van der Waals surface area contributed by atoms with E-state index in [4.69, 9.17) is 5.26 Å². The van der Waals surface area contributed by atoms with E-state index in [0.29, 0.717) is 5.69 Å². The van der Waals surface area contributed by atoms with Crippen molar-refractivity contribution in [2.24, 2.45) is 10.2 Å². The second-order valence-corrected chi connectivity index (χ2v) is 4.51. The highest BCUT2D eigenvalue weighted by molar-refractivity contribution is 5.71. The van der Waals surface area contributed by atoms with Crippen molar-refractivity contribution in [3.05, 3.63) is 46.0 Å². The molecule has 0 saturated carbocycles. The average molecular weight is 293 g/mol. The van der Waals surface area contributed by atoms with E-state index in [-0.39, 0.29) is 22.9 Å². The van der Waals surface area contributed by atoms with Crippen molar-refractivity contribution in [2.75, 3.05) is 0 Å². The molecule has 0 atom stereocenters. The summed E-state index contributed by atoms with van der Waals surface area (Å²) in [7, 11) is 0. The van der Waals surface area contributed by atoms with Crippen LogP contribution >= 0.6 is 0 Å². The first-order valence-electron chi connectivity index (χ1n) is 6.60. The van der Waals surface area contributed by atoms with Gasteiger partial charge in [-0.3, -0.25) is 9.78 Å². The van der Waals surface area contributed by atoms with Crippen LogP contribution in [0.15, 0.2) is 39.3 Å². The van der Waals surface area contributed by atoms with Gasteiger partial charge in [0.1, 0.15) is 6.07 Å². The van der Waals surface area contributed by atoms with Crippen LogP contribution in [0, 0.1) is 11.3 Å². The summed E-state index contributed by atoms with van der Waals surface area (Å²) in [6, 6.07) is 9.41. The summed E-state index contributed by atoms with van der Waals surface area (Å²) in [5.74, 6) is 0.0605. The zero-order valence-corrected chi connectivity index (χ0v) is 11.7. The summed E-state index contributed by atoms with van der Waals surface area (Å²) in [5.41, 5.74) is 1.72. The number of nitrogens with zero attached hydrogens (tertiary/aromatic N) is 5. The molecule has 0 saturated heterocycles. The van der Waals surface area contributed by atoms with Crippen LogP contribution in [-0.4, -0.2) is 19.9 Å². The molecule has 0 aliphatic carbocycles. The molecule has 2 heterocycles. The molecule has 0 fully saturated rings. The van der Waals surface area contributed by atoms with Crippen LogP contribution in [0.25, 0.3) is 11.2 Å². The Morgan fingerprint density at radius 3 is 2.64 bits per heavy atom. The minimum atomic E-state index is -0.470. The molecule has 8 heteroatoms. The standard InChI is InChI=1S/C14H11N7O/c1-2-8-3-5-9(6-4-8)20-21-14-18-11-12(19-14)16-10(7-15)17-13(11)22/h3-6H,2H2,1H3,(H2,16,17,18,19,22). The quantitative estimate of drug-likeness (QED) is 0.720. The molecule has 8 nitrogen and oxygen atoms in total. The molecule has 1 aromatic carbocycles. The van der Waals surface area contributed by atoms with E-state index in [9.17, 15) is 4.79 Å². The second kappa shape index (κ2) is 5.57. The fourth-order valence-corrected chi connectivity index (χ4v) is 1.90. The highest BCUT2D eigenvalue weighted by atomic mass is 16.1. The minimum absolute atomic E-state index is 0.0948. The molecule has 3 rings (SSSR count). The maximum absolute atomic E-state index is 11.7. The fourth-order valence-electron chi connectivity index (χ4n) is 1.90. The van der Waals surface area contributed by atoms with E-state index < -0.39 is 5.56 Å². The van der Waals surface area contributed by atoms with Gasteiger partial charge in [-0.2, -0.15) is 15.2 Å². The molecule has 2 N–H and O–H groups in total. The molecule has 2 aromatic heterocycles. The number of azo groups is 1. The van der Waals surface area contributed by atoms with Gasteiger partial charge in [0.05, 0.1) is 5.69 Å². The van der Waals surface area contributed by atoms with Crippen molar-refractivity contribution in [3.8, 4) is 6.07 Å². The summed E-state index contributed by atoms with van der Waals surface area (Å²) in [5, 5.41) is 16.8. The Morgan fingerprint density at radius 1 is 1.18 bits per heavy atom. The molecule has 0 unspecified atom stereocenters. The third-order valence-electron chi connectivity index (χ3n) is 3.06. The highest BCUT2D eigenvalue weighted by Crippen LogP contribution is 2.18. The maximum atomic E-state index is 11.7. The van der Waals surface area contributed by atoms with Crippen molar-refractivity contribution in [1.82, 2.24) is 19.9 Å². The van der Waals surface area contributed by atoms with Gasteiger partial charge < -0.3 is 4.98 Å². The first-order chi connectivity index (χ1) is 10.7. The molecule has 3 aromatic rings. The predicted octanol–water partition coefficient (Wildman–Crippen LogP) is 2.50. The van der Waals surface area contributed by atoms with Crippen LogP contribution in [0.4, 0.5) is 11.6 Å². The smallest absolute Gasteiger partial charge is 0.277 e. The molecule has 0 spiro atoms. The number of nitriles is 1. The largest absolute Gasteiger partial charge is 0.315 e. The van der Waals surface area contributed by atoms with Crippen molar-refractivity contribution in [1.29, 1.82) is 5.26 Å². The van der Waals surface area contributed by atoms with Crippen molar-refractivity contribution < 1.29 is 0 Å². The van der Waals surface area contributed by atoms with Crippen LogP contribution in [0.1, 0.15) is 18.3 Å². The number of fused-ring (bicyclic) bond motifs is 1. The monoisotopic (exact) mass is 293 g/mol. The minimum Gasteiger partial charge on any atom is -0.315 e. The number of imidazole rings is 1. The van der Waals surface area contributed by atoms with Gasteiger partial charge >= 0.3 is 0 Å². The normalized spacial score (nSPS) is 11.1. The summed E-state index contributed by atoms with van der Waals surface area (Å²) < 4.78 is 0. The van der Waals surface area contributed by atoms with Gasteiger partial charge in [0.15, 0.2) is 11.2 Å². The number of aromatic amines is 2. The molecule has 0 amide bonds. The fraction of sp³-hybridized carbons (Fsp3) is 0.143. The van der Waals surface area contributed by atoms with Gasteiger partial charge in [0.2, 0.25) is 11.8 Å². The van der Waals surface area contributed by atoms with Crippen LogP contribution in [-0.2, 0) is 6.42 Å². The van der Waals surface area contributed by atoms with Crippen LogP contribution < -0.4 is 5.56 Å². The van der Waals surface area contributed by atoms with Gasteiger partial charge in [-0.1, -0.05) is 19.1 Å². The summed E-state index contributed by atoms with van der Waals surface area (Å²) in [6.45, 7) is 2.07. The van der Waals surface area contributed by atoms with E-state index in [1.54, 1.807) is 6.07 Å². The lowest BCUT2D eigenvalue weighted by Gasteiger charge is -1.95. The van der Waals surface area contributed by atoms with Gasteiger partial charge in [-0.15, -0.1) is 10.2 Å². The van der Waals surface area contributed by atoms with Crippen molar-refractivity contribution in [2.45, 2.75) is 13.3 Å². The Kier molecular flexibility index (Phi) is 3.45. The van der Waals surface area contributed by atoms with E-state index >= 15 is 0 Å². The Bertz CT molecular complexity index is 944. The number of hydrogen-bond donors (Lipinski definition) is 2. The molecule has 0 radical (unpaired) electrons. The summed E-state index contributed by atoms with van der Waals surface area (Å²) in [4.78, 5) is 24.7. The van der Waals surface area contributed by atoms with E-state index in [1.165, 1.54) is 5.56 Å². The third kappa shape index (κ3) is 2.60. The van der Waals surface area contributed by atoms with E-state index in [0.717, 1.165) is 6.42 Å². The number of aryl methyl sites for hydroxylation is 1. The SMILES string of the molecule is CCc1ccc(N=Nc2nc3nc(C#N)[nH]c(=O)c3[nH]2)cc1. The number of H-pyrrole nitrogens is 2. The molecular formula is C14H11N7O. The first kappa shape index (κ1) is 13.6. The van der Waals surface area contributed by atoms with Crippen LogP contribution in [0.2, 0.25) is 0 Å². The van der Waals surface area contributed by atoms with Crippen molar-refractivity contribution >= 4 is 22.8 Å².